The van der Waals surface area contributed by atoms with Gasteiger partial charge in [-0.2, -0.15) is 0 Å². The van der Waals surface area contributed by atoms with E-state index in [1.165, 1.54) is 23.3 Å². The maximum atomic E-state index is 13.6. The van der Waals surface area contributed by atoms with Crippen molar-refractivity contribution in [3.63, 3.8) is 0 Å². The molecule has 0 atom stereocenters. The summed E-state index contributed by atoms with van der Waals surface area (Å²) in [6.45, 7) is 13.2. The third kappa shape index (κ3) is 8.27. The second kappa shape index (κ2) is 11.8. The van der Waals surface area contributed by atoms with E-state index in [9.17, 15) is 9.59 Å². The third-order valence-electron chi connectivity index (χ3n) is 6.12. The molecule has 1 aliphatic rings. The van der Waals surface area contributed by atoms with Crippen molar-refractivity contribution in [1.82, 2.24) is 14.7 Å². The summed E-state index contributed by atoms with van der Waals surface area (Å²) < 4.78 is 0. The first kappa shape index (κ1) is 25.4. The molecule has 0 saturated carbocycles. The summed E-state index contributed by atoms with van der Waals surface area (Å²) in [7, 11) is 0. The summed E-state index contributed by atoms with van der Waals surface area (Å²) in [5, 5.41) is 2.07. The normalized spacial score (nSPS) is 14.4. The number of likely N-dealkylation sites (tertiary alicyclic amines) is 1. The van der Waals surface area contributed by atoms with Crippen molar-refractivity contribution in [3.8, 4) is 0 Å². The highest BCUT2D eigenvalue weighted by Gasteiger charge is 2.26. The first-order valence-corrected chi connectivity index (χ1v) is 12.9. The summed E-state index contributed by atoms with van der Waals surface area (Å²) in [4.78, 5) is 34.1. The number of thiophene rings is 1. The molecule has 6 heteroatoms. The molecule has 1 aromatic carbocycles. The Hall–Kier alpha value is -2.18. The van der Waals surface area contributed by atoms with Gasteiger partial charge in [0.15, 0.2) is 0 Å². The quantitative estimate of drug-likeness (QED) is 0.495. The molecule has 5 nitrogen and oxygen atoms in total. The Morgan fingerprint density at radius 2 is 1.67 bits per heavy atom. The number of hydrogen-bond acceptors (Lipinski definition) is 4. The molecule has 1 aliphatic heterocycles. The van der Waals surface area contributed by atoms with Gasteiger partial charge >= 0.3 is 0 Å². The number of nitrogens with zero attached hydrogens (tertiary/aromatic N) is 3. The Morgan fingerprint density at radius 1 is 0.970 bits per heavy atom. The molecule has 0 radical (unpaired) electrons. The Morgan fingerprint density at radius 3 is 2.27 bits per heavy atom. The average molecular weight is 470 g/mol. The minimum atomic E-state index is -0.107. The summed E-state index contributed by atoms with van der Waals surface area (Å²) in [5.74, 6) is 0.0809. The van der Waals surface area contributed by atoms with Crippen LogP contribution in [-0.4, -0.2) is 59.2 Å². The third-order valence-corrected chi connectivity index (χ3v) is 7.12. The van der Waals surface area contributed by atoms with Gasteiger partial charge in [-0.1, -0.05) is 51.1 Å². The number of carbonyl (C=O) groups is 2. The molecule has 33 heavy (non-hydrogen) atoms. The second-order valence-electron chi connectivity index (χ2n) is 10.4. The van der Waals surface area contributed by atoms with Crippen molar-refractivity contribution in [1.29, 1.82) is 0 Å². The van der Waals surface area contributed by atoms with E-state index in [-0.39, 0.29) is 23.8 Å². The maximum Gasteiger partial charge on any atom is 0.242 e. The molecular weight excluding hydrogens is 430 g/mol. The van der Waals surface area contributed by atoms with Crippen molar-refractivity contribution in [2.24, 2.45) is 5.41 Å². The Bertz CT molecular complexity index is 898. The number of rotatable bonds is 10. The highest BCUT2D eigenvalue weighted by atomic mass is 32.1. The fraction of sp³-hybridized carbons (Fsp3) is 0.556. The number of amides is 2. The average Bonchev–Trinajstić information content (AvgIpc) is 3.42. The van der Waals surface area contributed by atoms with Crippen LogP contribution < -0.4 is 0 Å². The van der Waals surface area contributed by atoms with Crippen molar-refractivity contribution in [2.45, 2.75) is 60.0 Å². The van der Waals surface area contributed by atoms with Gasteiger partial charge < -0.3 is 14.7 Å². The maximum absolute atomic E-state index is 13.6. The van der Waals surface area contributed by atoms with Crippen LogP contribution in [0.15, 0.2) is 41.8 Å². The predicted molar refractivity (Wildman–Crippen MR) is 136 cm³/mol. The zero-order valence-corrected chi connectivity index (χ0v) is 21.5. The molecule has 1 fully saturated rings. The zero-order valence-electron chi connectivity index (χ0n) is 20.7. The zero-order chi connectivity index (χ0) is 23.8. The molecule has 1 aromatic heterocycles. The Labute approximate surface area is 203 Å². The van der Waals surface area contributed by atoms with Gasteiger partial charge in [0.25, 0.3) is 0 Å². The van der Waals surface area contributed by atoms with Crippen molar-refractivity contribution in [2.75, 3.05) is 32.7 Å². The molecule has 180 valence electrons. The molecule has 0 aliphatic carbocycles. The summed E-state index contributed by atoms with van der Waals surface area (Å²) in [6, 6.07) is 12.2. The number of benzene rings is 1. The first-order chi connectivity index (χ1) is 15.7. The lowest BCUT2D eigenvalue weighted by molar-refractivity contribution is -0.142. The van der Waals surface area contributed by atoms with E-state index in [1.807, 2.05) is 23.1 Å². The molecule has 2 aromatic rings. The highest BCUT2D eigenvalue weighted by molar-refractivity contribution is 7.10. The molecule has 0 unspecified atom stereocenters. The highest BCUT2D eigenvalue weighted by Crippen LogP contribution is 2.22. The van der Waals surface area contributed by atoms with Crippen LogP contribution in [0.2, 0.25) is 0 Å². The van der Waals surface area contributed by atoms with E-state index >= 15 is 0 Å². The van der Waals surface area contributed by atoms with Crippen molar-refractivity contribution < 1.29 is 9.59 Å². The lowest BCUT2D eigenvalue weighted by atomic mass is 9.91. The molecule has 2 heterocycles. The van der Waals surface area contributed by atoms with Gasteiger partial charge in [-0.15, -0.1) is 11.3 Å². The molecule has 0 N–H and O–H groups in total. The number of carbonyl (C=O) groups excluding carboxylic acids is 2. The minimum absolute atomic E-state index is 0.00957. The van der Waals surface area contributed by atoms with Gasteiger partial charge in [-0.05, 0) is 60.8 Å². The van der Waals surface area contributed by atoms with E-state index in [0.717, 1.165) is 25.2 Å². The fourth-order valence-corrected chi connectivity index (χ4v) is 5.09. The van der Waals surface area contributed by atoms with Gasteiger partial charge in [0.1, 0.15) is 0 Å². The lowest BCUT2D eigenvalue weighted by Crippen LogP contribution is -2.45. The van der Waals surface area contributed by atoms with Crippen LogP contribution in [0.3, 0.4) is 0 Å². The molecule has 1 saturated heterocycles. The summed E-state index contributed by atoms with van der Waals surface area (Å²) in [6.07, 6.45) is 2.89. The van der Waals surface area contributed by atoms with Gasteiger partial charge in [0.2, 0.25) is 11.8 Å². The van der Waals surface area contributed by atoms with Crippen molar-refractivity contribution >= 4 is 23.2 Å². The predicted octanol–water partition coefficient (Wildman–Crippen LogP) is 4.95. The number of aryl methyl sites for hydroxylation is 1. The Balaban J connectivity index is 1.74. The van der Waals surface area contributed by atoms with Crippen LogP contribution >= 0.6 is 11.3 Å². The van der Waals surface area contributed by atoms with Crippen LogP contribution in [-0.2, 0) is 22.7 Å². The van der Waals surface area contributed by atoms with Crippen molar-refractivity contribution in [3.05, 3.63) is 57.8 Å². The summed E-state index contributed by atoms with van der Waals surface area (Å²) in [5.41, 5.74) is 2.20. The van der Waals surface area contributed by atoms with Gasteiger partial charge in [-0.3, -0.25) is 9.59 Å². The first-order valence-electron chi connectivity index (χ1n) is 12.1. The van der Waals surface area contributed by atoms with Crippen LogP contribution in [0.1, 0.15) is 56.0 Å². The minimum Gasteiger partial charge on any atom is -0.332 e. The van der Waals surface area contributed by atoms with Gasteiger partial charge in [-0.25, -0.2) is 0 Å². The molecule has 0 bridgehead atoms. The molecular formula is C27H39N3O2S. The molecule has 2 amide bonds. The standard InChI is InChI=1S/C27H39N3O2S/c1-22-12-17-33-24(22)20-30(19-23-10-6-5-7-11-23)26(32)21-29(25(31)18-27(2,3)4)16-15-28-13-8-9-14-28/h5-7,10-12,17H,8-9,13-16,18-21H2,1-4H3. The fourth-order valence-electron chi connectivity index (χ4n) is 4.16. The molecule has 3 rings (SSSR count). The smallest absolute Gasteiger partial charge is 0.242 e. The summed E-state index contributed by atoms with van der Waals surface area (Å²) >= 11 is 1.68. The van der Waals surface area contributed by atoms with E-state index in [4.69, 9.17) is 0 Å². The van der Waals surface area contributed by atoms with Crippen LogP contribution in [0, 0.1) is 12.3 Å². The van der Waals surface area contributed by atoms with Crippen LogP contribution in [0.25, 0.3) is 0 Å². The van der Waals surface area contributed by atoms with E-state index < -0.39 is 0 Å². The van der Waals surface area contributed by atoms with Gasteiger partial charge in [0, 0.05) is 30.9 Å². The largest absolute Gasteiger partial charge is 0.332 e. The molecule has 0 spiro atoms. The Kier molecular flexibility index (Phi) is 9.10. The van der Waals surface area contributed by atoms with Crippen LogP contribution in [0.4, 0.5) is 0 Å². The topological polar surface area (TPSA) is 43.9 Å². The number of hydrogen-bond donors (Lipinski definition) is 0. The van der Waals surface area contributed by atoms with Crippen LogP contribution in [0.5, 0.6) is 0 Å². The second-order valence-corrected chi connectivity index (χ2v) is 11.4. The lowest BCUT2D eigenvalue weighted by Gasteiger charge is -2.31. The van der Waals surface area contributed by atoms with E-state index in [0.29, 0.717) is 26.1 Å². The van der Waals surface area contributed by atoms with E-state index in [2.05, 4.69) is 56.2 Å². The van der Waals surface area contributed by atoms with Gasteiger partial charge in [0.05, 0.1) is 13.1 Å². The monoisotopic (exact) mass is 469 g/mol. The van der Waals surface area contributed by atoms with E-state index in [1.54, 1.807) is 16.2 Å². The SMILES string of the molecule is Cc1ccsc1CN(Cc1ccccc1)C(=O)CN(CCN1CCCC1)C(=O)CC(C)(C)C.